The molecule has 2 atom stereocenters. The molecule has 1 amide bonds. The van der Waals surface area contributed by atoms with Crippen LogP contribution in [0.1, 0.15) is 46.5 Å². The third kappa shape index (κ3) is 3.88. The molecular formula is C13H26N2OS. The Balaban J connectivity index is 2.64. The molecule has 0 aliphatic heterocycles. The minimum Gasteiger partial charge on any atom is -0.368 e. The summed E-state index contributed by atoms with van der Waals surface area (Å²) in [5.74, 6) is 1.12. The number of primary amides is 1. The van der Waals surface area contributed by atoms with Crippen LogP contribution in [0, 0.1) is 5.92 Å². The van der Waals surface area contributed by atoms with Crippen LogP contribution in [0.15, 0.2) is 0 Å². The highest BCUT2D eigenvalue weighted by Crippen LogP contribution is 2.42. The van der Waals surface area contributed by atoms with E-state index in [0.29, 0.717) is 11.2 Å². The third-order valence-corrected chi connectivity index (χ3v) is 5.10. The average Bonchev–Trinajstić information content (AvgIpc) is 3.13. The maximum Gasteiger partial charge on any atom is 0.238 e. The van der Waals surface area contributed by atoms with Gasteiger partial charge in [0.05, 0.1) is 0 Å². The Labute approximate surface area is 109 Å². The first-order valence-corrected chi connectivity index (χ1v) is 7.78. The van der Waals surface area contributed by atoms with Crippen LogP contribution in [0.25, 0.3) is 0 Å². The van der Waals surface area contributed by atoms with E-state index in [4.69, 9.17) is 5.73 Å². The van der Waals surface area contributed by atoms with Crippen LogP contribution in [-0.4, -0.2) is 29.0 Å². The molecule has 1 fully saturated rings. The van der Waals surface area contributed by atoms with Crippen molar-refractivity contribution in [1.82, 2.24) is 5.32 Å². The molecule has 3 N–H and O–H groups in total. The van der Waals surface area contributed by atoms with Gasteiger partial charge in [-0.25, -0.2) is 0 Å². The van der Waals surface area contributed by atoms with Crippen molar-refractivity contribution in [2.24, 2.45) is 11.7 Å². The van der Waals surface area contributed by atoms with Gasteiger partial charge in [-0.05, 0) is 38.1 Å². The molecule has 0 saturated heterocycles. The van der Waals surface area contributed by atoms with Gasteiger partial charge in [0.15, 0.2) is 0 Å². The smallest absolute Gasteiger partial charge is 0.238 e. The lowest BCUT2D eigenvalue weighted by Gasteiger charge is -2.32. The maximum absolute atomic E-state index is 11.9. The molecule has 1 rings (SSSR count). The molecule has 0 aromatic heterocycles. The van der Waals surface area contributed by atoms with Gasteiger partial charge in [0.1, 0.15) is 5.54 Å². The molecule has 0 spiro atoms. The maximum atomic E-state index is 11.9. The van der Waals surface area contributed by atoms with Crippen molar-refractivity contribution >= 4 is 17.7 Å². The highest BCUT2D eigenvalue weighted by Gasteiger charge is 2.49. The summed E-state index contributed by atoms with van der Waals surface area (Å²) in [4.78, 5) is 11.9. The molecular weight excluding hydrogens is 232 g/mol. The third-order valence-electron chi connectivity index (χ3n) is 3.57. The van der Waals surface area contributed by atoms with Crippen molar-refractivity contribution in [3.63, 3.8) is 0 Å². The lowest BCUT2D eigenvalue weighted by molar-refractivity contribution is -0.124. The number of hydrogen-bond donors (Lipinski definition) is 2. The summed E-state index contributed by atoms with van der Waals surface area (Å²) >= 11 is 1.87. The van der Waals surface area contributed by atoms with Gasteiger partial charge in [0, 0.05) is 11.0 Å². The van der Waals surface area contributed by atoms with Crippen molar-refractivity contribution in [3.05, 3.63) is 0 Å². The first-order valence-electron chi connectivity index (χ1n) is 6.73. The van der Waals surface area contributed by atoms with Crippen LogP contribution in [0.5, 0.6) is 0 Å². The van der Waals surface area contributed by atoms with Gasteiger partial charge in [-0.15, -0.1) is 0 Å². The highest BCUT2D eigenvalue weighted by molar-refractivity contribution is 8.00. The first kappa shape index (κ1) is 14.8. The predicted octanol–water partition coefficient (Wildman–Crippen LogP) is 2.15. The molecule has 100 valence electrons. The number of hydrogen-bond acceptors (Lipinski definition) is 3. The van der Waals surface area contributed by atoms with Crippen LogP contribution < -0.4 is 11.1 Å². The lowest BCUT2D eigenvalue weighted by atomic mass is 9.94. The van der Waals surface area contributed by atoms with E-state index in [1.165, 1.54) is 0 Å². The fourth-order valence-corrected chi connectivity index (χ4v) is 3.25. The minimum absolute atomic E-state index is 0.163. The van der Waals surface area contributed by atoms with E-state index in [2.05, 4.69) is 26.1 Å². The topological polar surface area (TPSA) is 55.1 Å². The number of carbonyl (C=O) groups excluding carboxylic acids is 1. The van der Waals surface area contributed by atoms with Crippen LogP contribution in [0.3, 0.4) is 0 Å². The Hall–Kier alpha value is -0.220. The molecule has 1 saturated carbocycles. The summed E-state index contributed by atoms with van der Waals surface area (Å²) in [5.41, 5.74) is 5.21. The molecule has 0 bridgehead atoms. The van der Waals surface area contributed by atoms with Crippen LogP contribution in [0.2, 0.25) is 0 Å². The molecule has 0 radical (unpaired) electrons. The van der Waals surface area contributed by atoms with Gasteiger partial charge in [-0.1, -0.05) is 20.8 Å². The number of nitrogens with one attached hydrogen (secondary N) is 1. The van der Waals surface area contributed by atoms with E-state index >= 15 is 0 Å². The molecule has 4 heteroatoms. The summed E-state index contributed by atoms with van der Waals surface area (Å²) in [6.07, 6.45) is 4.45. The molecule has 2 unspecified atom stereocenters. The van der Waals surface area contributed by atoms with Crippen molar-refractivity contribution < 1.29 is 4.79 Å². The van der Waals surface area contributed by atoms with Gasteiger partial charge < -0.3 is 11.1 Å². The Bertz CT molecular complexity index is 256. The van der Waals surface area contributed by atoms with Gasteiger partial charge in [0.25, 0.3) is 0 Å². The monoisotopic (exact) mass is 258 g/mol. The molecule has 1 aliphatic carbocycles. The summed E-state index contributed by atoms with van der Waals surface area (Å²) in [5, 5.41) is 4.02. The molecule has 1 aliphatic rings. The molecule has 3 nitrogen and oxygen atoms in total. The normalized spacial score (nSPS) is 20.9. The van der Waals surface area contributed by atoms with Crippen LogP contribution in [0.4, 0.5) is 0 Å². The second kappa shape index (κ2) is 6.64. The van der Waals surface area contributed by atoms with E-state index in [0.717, 1.165) is 38.0 Å². The molecule has 17 heavy (non-hydrogen) atoms. The van der Waals surface area contributed by atoms with E-state index in [9.17, 15) is 4.79 Å². The van der Waals surface area contributed by atoms with Crippen molar-refractivity contribution in [3.8, 4) is 0 Å². The van der Waals surface area contributed by atoms with Crippen molar-refractivity contribution in [2.45, 2.75) is 57.2 Å². The number of thioether (sulfide) groups is 1. The number of carbonyl (C=O) groups is 1. The van der Waals surface area contributed by atoms with E-state index in [-0.39, 0.29) is 5.91 Å². The van der Waals surface area contributed by atoms with E-state index in [1.807, 2.05) is 11.8 Å². The summed E-state index contributed by atoms with van der Waals surface area (Å²) in [7, 11) is 0. The summed E-state index contributed by atoms with van der Waals surface area (Å²) in [6.45, 7) is 7.39. The minimum atomic E-state index is -0.454. The second-order valence-electron chi connectivity index (χ2n) is 5.07. The fourth-order valence-electron chi connectivity index (χ4n) is 1.99. The quantitative estimate of drug-likeness (QED) is 0.666. The molecule has 0 heterocycles. The SMILES string of the molecule is CCCNC(CSC(C)CC)(C(N)=O)C1CC1. The van der Waals surface area contributed by atoms with Gasteiger partial charge in [-0.2, -0.15) is 11.8 Å². The van der Waals surface area contributed by atoms with E-state index in [1.54, 1.807) is 0 Å². The second-order valence-corrected chi connectivity index (χ2v) is 6.49. The van der Waals surface area contributed by atoms with E-state index < -0.39 is 5.54 Å². The molecule has 0 aromatic rings. The highest BCUT2D eigenvalue weighted by atomic mass is 32.2. The predicted molar refractivity (Wildman–Crippen MR) is 75.2 cm³/mol. The Morgan fingerprint density at radius 2 is 2.18 bits per heavy atom. The first-order chi connectivity index (χ1) is 8.06. The number of rotatable bonds is 9. The van der Waals surface area contributed by atoms with Crippen LogP contribution in [-0.2, 0) is 4.79 Å². The summed E-state index contributed by atoms with van der Waals surface area (Å²) in [6, 6.07) is 0. The fraction of sp³-hybridized carbons (Fsp3) is 0.923. The standard InChI is InChI=1S/C13H26N2OS/c1-4-8-15-13(12(14)16,11-6-7-11)9-17-10(3)5-2/h10-11,15H,4-9H2,1-3H3,(H2,14,16). The Morgan fingerprint density at radius 1 is 1.53 bits per heavy atom. The zero-order valence-electron chi connectivity index (χ0n) is 11.3. The Kier molecular flexibility index (Phi) is 5.80. The Morgan fingerprint density at radius 3 is 2.59 bits per heavy atom. The number of nitrogens with two attached hydrogens (primary N) is 1. The van der Waals surface area contributed by atoms with Gasteiger partial charge in [0.2, 0.25) is 5.91 Å². The summed E-state index contributed by atoms with van der Waals surface area (Å²) < 4.78 is 0. The average molecular weight is 258 g/mol. The van der Waals surface area contributed by atoms with Crippen LogP contribution >= 0.6 is 11.8 Å². The zero-order valence-corrected chi connectivity index (χ0v) is 12.1. The largest absolute Gasteiger partial charge is 0.368 e. The van der Waals surface area contributed by atoms with Crippen molar-refractivity contribution in [1.29, 1.82) is 0 Å². The van der Waals surface area contributed by atoms with Gasteiger partial charge in [-0.3, -0.25) is 4.79 Å². The zero-order chi connectivity index (χ0) is 12.9. The lowest BCUT2D eigenvalue weighted by Crippen LogP contribution is -2.59. The van der Waals surface area contributed by atoms with Gasteiger partial charge >= 0.3 is 0 Å². The number of amides is 1. The molecule has 0 aromatic carbocycles. The van der Waals surface area contributed by atoms with Crippen molar-refractivity contribution in [2.75, 3.05) is 12.3 Å².